The van der Waals surface area contributed by atoms with Crippen molar-refractivity contribution in [2.75, 3.05) is 20.1 Å². The zero-order valence-electron chi connectivity index (χ0n) is 11.3. The van der Waals surface area contributed by atoms with Crippen LogP contribution in [0.2, 0.25) is 5.02 Å². The first-order chi connectivity index (χ1) is 9.19. The first-order valence-corrected chi connectivity index (χ1v) is 7.26. The SMILES string of the molecule is CNCCNC(=O)C1(c2ccc(Cl)cc2)CCCC1. The maximum atomic E-state index is 12.6. The van der Waals surface area contributed by atoms with Gasteiger partial charge in [0, 0.05) is 18.1 Å². The van der Waals surface area contributed by atoms with E-state index in [1.165, 1.54) is 0 Å². The van der Waals surface area contributed by atoms with Gasteiger partial charge in [0.05, 0.1) is 5.41 Å². The Hall–Kier alpha value is -1.06. The van der Waals surface area contributed by atoms with Crippen molar-refractivity contribution in [1.82, 2.24) is 10.6 Å². The van der Waals surface area contributed by atoms with Gasteiger partial charge in [-0.3, -0.25) is 4.79 Å². The van der Waals surface area contributed by atoms with Gasteiger partial charge in [-0.1, -0.05) is 36.6 Å². The molecule has 0 spiro atoms. The van der Waals surface area contributed by atoms with Crippen LogP contribution in [0.4, 0.5) is 0 Å². The Morgan fingerprint density at radius 1 is 1.21 bits per heavy atom. The summed E-state index contributed by atoms with van der Waals surface area (Å²) in [6, 6.07) is 7.73. The lowest BCUT2D eigenvalue weighted by molar-refractivity contribution is -0.126. The van der Waals surface area contributed by atoms with Crippen LogP contribution < -0.4 is 10.6 Å². The van der Waals surface area contributed by atoms with Crippen molar-refractivity contribution in [1.29, 1.82) is 0 Å². The van der Waals surface area contributed by atoms with Crippen LogP contribution in [0.25, 0.3) is 0 Å². The molecule has 104 valence electrons. The van der Waals surface area contributed by atoms with Gasteiger partial charge in [-0.25, -0.2) is 0 Å². The highest BCUT2D eigenvalue weighted by Gasteiger charge is 2.42. The standard InChI is InChI=1S/C15H21ClN2O/c1-17-10-11-18-14(19)15(8-2-3-9-15)12-4-6-13(16)7-5-12/h4-7,17H,2-3,8-11H2,1H3,(H,18,19). The fraction of sp³-hybridized carbons (Fsp3) is 0.533. The number of amides is 1. The van der Waals surface area contributed by atoms with Crippen molar-refractivity contribution in [2.24, 2.45) is 0 Å². The number of benzene rings is 1. The van der Waals surface area contributed by atoms with Gasteiger partial charge in [0.2, 0.25) is 5.91 Å². The number of halogens is 1. The highest BCUT2D eigenvalue weighted by Crippen LogP contribution is 2.41. The largest absolute Gasteiger partial charge is 0.354 e. The Labute approximate surface area is 119 Å². The highest BCUT2D eigenvalue weighted by atomic mass is 35.5. The van der Waals surface area contributed by atoms with Gasteiger partial charge in [0.15, 0.2) is 0 Å². The second-order valence-corrected chi connectivity index (χ2v) is 5.59. The van der Waals surface area contributed by atoms with E-state index in [4.69, 9.17) is 11.6 Å². The zero-order valence-corrected chi connectivity index (χ0v) is 12.1. The quantitative estimate of drug-likeness (QED) is 0.814. The third-order valence-corrected chi connectivity index (χ3v) is 4.20. The molecule has 0 unspecified atom stereocenters. The number of carbonyl (C=O) groups excluding carboxylic acids is 1. The Kier molecular flexibility index (Phi) is 4.83. The maximum absolute atomic E-state index is 12.6. The first-order valence-electron chi connectivity index (χ1n) is 6.88. The molecule has 2 rings (SSSR count). The fourth-order valence-corrected chi connectivity index (χ4v) is 2.99. The Morgan fingerprint density at radius 3 is 2.42 bits per heavy atom. The van der Waals surface area contributed by atoms with Gasteiger partial charge in [-0.15, -0.1) is 0 Å². The number of nitrogens with one attached hydrogen (secondary N) is 2. The summed E-state index contributed by atoms with van der Waals surface area (Å²) in [7, 11) is 1.89. The lowest BCUT2D eigenvalue weighted by Crippen LogP contribution is -2.44. The van der Waals surface area contributed by atoms with Crippen molar-refractivity contribution >= 4 is 17.5 Å². The van der Waals surface area contributed by atoms with Gasteiger partial charge in [-0.2, -0.15) is 0 Å². The summed E-state index contributed by atoms with van der Waals surface area (Å²) in [5.74, 6) is 0.155. The summed E-state index contributed by atoms with van der Waals surface area (Å²) >= 11 is 5.94. The molecule has 0 aliphatic heterocycles. The Morgan fingerprint density at radius 2 is 1.84 bits per heavy atom. The van der Waals surface area contributed by atoms with Gasteiger partial charge >= 0.3 is 0 Å². The molecule has 0 saturated heterocycles. The van der Waals surface area contributed by atoms with Crippen molar-refractivity contribution in [3.05, 3.63) is 34.9 Å². The molecule has 1 aliphatic carbocycles. The fourth-order valence-electron chi connectivity index (χ4n) is 2.86. The number of likely N-dealkylation sites (N-methyl/N-ethyl adjacent to an activating group) is 1. The average Bonchev–Trinajstić information content (AvgIpc) is 2.90. The van der Waals surface area contributed by atoms with Crippen molar-refractivity contribution in [3.8, 4) is 0 Å². The minimum Gasteiger partial charge on any atom is -0.354 e. The van der Waals surface area contributed by atoms with Crippen LogP contribution >= 0.6 is 11.6 Å². The third kappa shape index (κ3) is 3.10. The molecule has 0 radical (unpaired) electrons. The van der Waals surface area contributed by atoms with Crippen LogP contribution in [0.15, 0.2) is 24.3 Å². The van der Waals surface area contributed by atoms with Crippen LogP contribution in [0.1, 0.15) is 31.2 Å². The minimum atomic E-state index is -0.349. The number of hydrogen-bond acceptors (Lipinski definition) is 2. The Bertz CT molecular complexity index is 424. The van der Waals surface area contributed by atoms with Crippen LogP contribution in [-0.2, 0) is 10.2 Å². The number of rotatable bonds is 5. The highest BCUT2D eigenvalue weighted by molar-refractivity contribution is 6.30. The first kappa shape index (κ1) is 14.4. The molecule has 2 N–H and O–H groups in total. The topological polar surface area (TPSA) is 41.1 Å². The summed E-state index contributed by atoms with van der Waals surface area (Å²) in [6.07, 6.45) is 4.09. The molecule has 1 aliphatic rings. The second-order valence-electron chi connectivity index (χ2n) is 5.16. The smallest absolute Gasteiger partial charge is 0.230 e. The summed E-state index contributed by atoms with van der Waals surface area (Å²) in [4.78, 5) is 12.6. The maximum Gasteiger partial charge on any atom is 0.230 e. The number of hydrogen-bond donors (Lipinski definition) is 2. The zero-order chi connectivity index (χ0) is 13.7. The molecule has 1 saturated carbocycles. The van der Waals surface area contributed by atoms with Gasteiger partial charge in [0.1, 0.15) is 0 Å². The van der Waals surface area contributed by atoms with Crippen molar-refractivity contribution in [3.63, 3.8) is 0 Å². The summed E-state index contributed by atoms with van der Waals surface area (Å²) < 4.78 is 0. The molecule has 0 atom stereocenters. The van der Waals surface area contributed by atoms with E-state index in [0.29, 0.717) is 11.6 Å². The minimum absolute atomic E-state index is 0.155. The lowest BCUT2D eigenvalue weighted by atomic mass is 9.78. The third-order valence-electron chi connectivity index (χ3n) is 3.95. The van der Waals surface area contributed by atoms with E-state index in [1.807, 2.05) is 31.3 Å². The molecule has 1 amide bonds. The molecule has 1 fully saturated rings. The summed E-state index contributed by atoms with van der Waals surface area (Å²) in [5, 5.41) is 6.80. The van der Waals surface area contributed by atoms with E-state index >= 15 is 0 Å². The second kappa shape index (κ2) is 6.40. The van der Waals surface area contributed by atoms with Gasteiger partial charge in [0.25, 0.3) is 0 Å². The molecular weight excluding hydrogens is 260 g/mol. The summed E-state index contributed by atoms with van der Waals surface area (Å²) in [6.45, 7) is 1.47. The monoisotopic (exact) mass is 280 g/mol. The van der Waals surface area contributed by atoms with E-state index in [1.54, 1.807) is 0 Å². The van der Waals surface area contributed by atoms with E-state index in [2.05, 4.69) is 10.6 Å². The molecule has 19 heavy (non-hydrogen) atoms. The van der Waals surface area contributed by atoms with Crippen LogP contribution in [0.5, 0.6) is 0 Å². The molecule has 4 heteroatoms. The normalized spacial score (nSPS) is 17.4. The molecule has 1 aromatic rings. The molecular formula is C15H21ClN2O. The van der Waals surface area contributed by atoms with Crippen LogP contribution in [0, 0.1) is 0 Å². The molecule has 0 heterocycles. The predicted octanol–water partition coefficient (Wildman–Crippen LogP) is 2.49. The molecule has 3 nitrogen and oxygen atoms in total. The Balaban J connectivity index is 2.17. The van der Waals surface area contributed by atoms with E-state index in [9.17, 15) is 4.79 Å². The van der Waals surface area contributed by atoms with E-state index < -0.39 is 0 Å². The van der Waals surface area contributed by atoms with Crippen LogP contribution in [0.3, 0.4) is 0 Å². The predicted molar refractivity (Wildman–Crippen MR) is 78.5 cm³/mol. The molecule has 1 aromatic carbocycles. The van der Waals surface area contributed by atoms with Gasteiger partial charge in [-0.05, 0) is 37.6 Å². The number of carbonyl (C=O) groups is 1. The molecule has 0 aromatic heterocycles. The summed E-state index contributed by atoms with van der Waals surface area (Å²) in [5.41, 5.74) is 0.745. The average molecular weight is 281 g/mol. The van der Waals surface area contributed by atoms with Gasteiger partial charge < -0.3 is 10.6 Å². The van der Waals surface area contributed by atoms with E-state index in [0.717, 1.165) is 37.8 Å². The van der Waals surface area contributed by atoms with Crippen LogP contribution in [-0.4, -0.2) is 26.0 Å². The molecule has 0 bridgehead atoms. The van der Waals surface area contributed by atoms with E-state index in [-0.39, 0.29) is 11.3 Å². The lowest BCUT2D eigenvalue weighted by Gasteiger charge is -2.28. The van der Waals surface area contributed by atoms with Crippen molar-refractivity contribution < 1.29 is 4.79 Å². The van der Waals surface area contributed by atoms with Crippen molar-refractivity contribution in [2.45, 2.75) is 31.1 Å².